The van der Waals surface area contributed by atoms with E-state index in [0.29, 0.717) is 50.7 Å². The van der Waals surface area contributed by atoms with Crippen molar-refractivity contribution in [1.29, 1.82) is 0 Å². The number of carbonyl (C=O) groups is 2. The second kappa shape index (κ2) is 17.5. The Kier molecular flexibility index (Phi) is 13.7. The fraction of sp³-hybridized carbons (Fsp3) is 0.576. The van der Waals surface area contributed by atoms with E-state index in [0.717, 1.165) is 56.4 Å². The maximum Gasteiger partial charge on any atom is 0.302 e. The lowest BCUT2D eigenvalue weighted by atomic mass is 9.72. The van der Waals surface area contributed by atoms with Crippen LogP contribution in [0.5, 0.6) is 11.5 Å². The van der Waals surface area contributed by atoms with Gasteiger partial charge in [0.1, 0.15) is 24.7 Å². The number of esters is 1. The summed E-state index contributed by atoms with van der Waals surface area (Å²) in [5.74, 6) is 3.00. The number of rotatable bonds is 18. The van der Waals surface area contributed by atoms with E-state index in [-0.39, 0.29) is 5.97 Å². The van der Waals surface area contributed by atoms with Gasteiger partial charge >= 0.3 is 5.97 Å². The molecule has 0 saturated heterocycles. The second-order valence-corrected chi connectivity index (χ2v) is 10.6. The summed E-state index contributed by atoms with van der Waals surface area (Å²) >= 11 is 0. The molecular formula is C33H46O6. The summed E-state index contributed by atoms with van der Waals surface area (Å²) in [6.07, 6.45) is 11.1. The molecule has 1 aliphatic carbocycles. The average molecular weight is 539 g/mol. The van der Waals surface area contributed by atoms with Crippen LogP contribution >= 0.6 is 0 Å². The second-order valence-electron chi connectivity index (χ2n) is 10.6. The normalized spacial score (nSPS) is 17.7. The molecule has 0 bridgehead atoms. The summed E-state index contributed by atoms with van der Waals surface area (Å²) in [5, 5.41) is 0. The highest BCUT2D eigenvalue weighted by Gasteiger charge is 2.28. The maximum absolute atomic E-state index is 11.2. The predicted molar refractivity (Wildman–Crippen MR) is 153 cm³/mol. The van der Waals surface area contributed by atoms with Crippen molar-refractivity contribution in [1.82, 2.24) is 0 Å². The zero-order valence-electron chi connectivity index (χ0n) is 23.8. The summed E-state index contributed by atoms with van der Waals surface area (Å²) in [6.45, 7) is 6.04. The summed E-state index contributed by atoms with van der Waals surface area (Å²) in [4.78, 5) is 21.7. The van der Waals surface area contributed by atoms with Crippen LogP contribution in [0.3, 0.4) is 0 Å². The lowest BCUT2D eigenvalue weighted by molar-refractivity contribution is -0.141. The molecule has 214 valence electrons. The molecule has 39 heavy (non-hydrogen) atoms. The standard InChI is InChI=1S/C33H46O6/c1-3-4-5-6-27-7-15-32(16-8-27)38-23-24-39-33-17-13-30(14-18-33)28-9-11-29(12-10-28)31(19-21-36-25-34)20-22-37-26(2)35/h7-8,13-18,25,28-29,31H,3-6,9-12,19-24H2,1-2H3. The van der Waals surface area contributed by atoms with Gasteiger partial charge in [-0.15, -0.1) is 0 Å². The maximum atomic E-state index is 11.2. The molecule has 0 N–H and O–H groups in total. The highest BCUT2D eigenvalue weighted by atomic mass is 16.5. The molecule has 1 saturated carbocycles. The third-order valence-corrected chi connectivity index (χ3v) is 7.87. The van der Waals surface area contributed by atoms with Crippen molar-refractivity contribution in [2.75, 3.05) is 26.4 Å². The molecule has 0 spiro atoms. The highest BCUT2D eigenvalue weighted by molar-refractivity contribution is 5.65. The molecule has 2 aromatic rings. The number of hydrogen-bond donors (Lipinski definition) is 0. The van der Waals surface area contributed by atoms with Crippen molar-refractivity contribution in [2.45, 2.75) is 84.0 Å². The Balaban J connectivity index is 1.37. The van der Waals surface area contributed by atoms with Crippen LogP contribution in [-0.2, 0) is 25.5 Å². The third-order valence-electron chi connectivity index (χ3n) is 7.87. The summed E-state index contributed by atoms with van der Waals surface area (Å²) in [6, 6.07) is 16.9. The first-order chi connectivity index (χ1) is 19.1. The van der Waals surface area contributed by atoms with E-state index in [9.17, 15) is 9.59 Å². The van der Waals surface area contributed by atoms with Crippen molar-refractivity contribution in [2.24, 2.45) is 11.8 Å². The Labute approximate surface area is 234 Å². The van der Waals surface area contributed by atoms with Crippen LogP contribution in [0.1, 0.15) is 88.7 Å². The molecule has 0 radical (unpaired) electrons. The number of hydrogen-bond acceptors (Lipinski definition) is 6. The van der Waals surface area contributed by atoms with Crippen molar-refractivity contribution in [3.8, 4) is 11.5 Å². The molecule has 1 unspecified atom stereocenters. The van der Waals surface area contributed by atoms with E-state index in [4.69, 9.17) is 18.9 Å². The number of aryl methyl sites for hydroxylation is 1. The zero-order chi connectivity index (χ0) is 27.7. The fourth-order valence-electron chi connectivity index (χ4n) is 5.65. The molecule has 3 rings (SSSR count). The van der Waals surface area contributed by atoms with Gasteiger partial charge in [0, 0.05) is 6.92 Å². The van der Waals surface area contributed by atoms with Gasteiger partial charge in [0.25, 0.3) is 6.47 Å². The van der Waals surface area contributed by atoms with Crippen LogP contribution in [0, 0.1) is 11.8 Å². The van der Waals surface area contributed by atoms with E-state index >= 15 is 0 Å². The topological polar surface area (TPSA) is 71.1 Å². The van der Waals surface area contributed by atoms with Crippen LogP contribution in [0.25, 0.3) is 0 Å². The first-order valence-electron chi connectivity index (χ1n) is 14.7. The lowest BCUT2D eigenvalue weighted by Gasteiger charge is -2.34. The summed E-state index contributed by atoms with van der Waals surface area (Å²) in [5.41, 5.74) is 2.72. The third kappa shape index (κ3) is 11.3. The molecular weight excluding hydrogens is 492 g/mol. The molecule has 0 heterocycles. The predicted octanol–water partition coefficient (Wildman–Crippen LogP) is 7.28. The summed E-state index contributed by atoms with van der Waals surface area (Å²) in [7, 11) is 0. The summed E-state index contributed by atoms with van der Waals surface area (Å²) < 4.78 is 21.9. The average Bonchev–Trinajstić information content (AvgIpc) is 2.96. The Hall–Kier alpha value is -3.02. The Morgan fingerprint density at radius 1 is 0.846 bits per heavy atom. The SMILES string of the molecule is CCCCCc1ccc(OCCOc2ccc(C3CCC(C(CCOC=O)CCOC(C)=O)CC3)cc2)cc1. The van der Waals surface area contributed by atoms with E-state index in [1.807, 2.05) is 12.1 Å². The van der Waals surface area contributed by atoms with E-state index in [1.54, 1.807) is 0 Å². The van der Waals surface area contributed by atoms with Gasteiger partial charge in [-0.2, -0.15) is 0 Å². The van der Waals surface area contributed by atoms with Crippen LogP contribution < -0.4 is 9.47 Å². The molecule has 1 fully saturated rings. The molecule has 0 aliphatic heterocycles. The van der Waals surface area contributed by atoms with Gasteiger partial charge in [-0.05, 0) is 105 Å². The van der Waals surface area contributed by atoms with Crippen molar-refractivity contribution in [3.05, 3.63) is 59.7 Å². The van der Waals surface area contributed by atoms with Gasteiger partial charge in [0.05, 0.1) is 13.2 Å². The number of ether oxygens (including phenoxy) is 4. The van der Waals surface area contributed by atoms with Gasteiger partial charge < -0.3 is 18.9 Å². The van der Waals surface area contributed by atoms with Crippen molar-refractivity contribution >= 4 is 12.4 Å². The Morgan fingerprint density at radius 3 is 2.05 bits per heavy atom. The molecule has 0 aromatic heterocycles. The van der Waals surface area contributed by atoms with Gasteiger partial charge in [-0.1, -0.05) is 44.0 Å². The minimum atomic E-state index is -0.246. The van der Waals surface area contributed by atoms with E-state index < -0.39 is 0 Å². The van der Waals surface area contributed by atoms with Crippen LogP contribution in [0.2, 0.25) is 0 Å². The first-order valence-corrected chi connectivity index (χ1v) is 14.7. The van der Waals surface area contributed by atoms with E-state index in [1.165, 1.54) is 37.3 Å². The van der Waals surface area contributed by atoms with Gasteiger partial charge in [-0.25, -0.2) is 0 Å². The van der Waals surface area contributed by atoms with Crippen molar-refractivity contribution < 1.29 is 28.5 Å². The van der Waals surface area contributed by atoms with Crippen LogP contribution in [0.15, 0.2) is 48.5 Å². The van der Waals surface area contributed by atoms with Crippen LogP contribution in [0.4, 0.5) is 0 Å². The van der Waals surface area contributed by atoms with Gasteiger partial charge in [0.2, 0.25) is 0 Å². The smallest absolute Gasteiger partial charge is 0.302 e. The minimum Gasteiger partial charge on any atom is -0.490 e. The molecule has 2 aromatic carbocycles. The molecule has 1 atom stereocenters. The zero-order valence-corrected chi connectivity index (χ0v) is 23.8. The molecule has 1 aliphatic rings. The molecule has 6 nitrogen and oxygen atoms in total. The Bertz CT molecular complexity index is 947. The fourth-order valence-corrected chi connectivity index (χ4v) is 5.65. The number of carbonyl (C=O) groups excluding carboxylic acids is 2. The first kappa shape index (κ1) is 30.5. The minimum absolute atomic E-state index is 0.246. The van der Waals surface area contributed by atoms with Crippen molar-refractivity contribution in [3.63, 3.8) is 0 Å². The number of unbranched alkanes of at least 4 members (excludes halogenated alkanes) is 2. The number of benzene rings is 2. The van der Waals surface area contributed by atoms with Gasteiger partial charge in [0.15, 0.2) is 0 Å². The highest BCUT2D eigenvalue weighted by Crippen LogP contribution is 2.41. The quantitative estimate of drug-likeness (QED) is 0.113. The largest absolute Gasteiger partial charge is 0.490 e. The van der Waals surface area contributed by atoms with Gasteiger partial charge in [-0.3, -0.25) is 9.59 Å². The van der Waals surface area contributed by atoms with Crippen LogP contribution in [-0.4, -0.2) is 38.9 Å². The monoisotopic (exact) mass is 538 g/mol. The lowest BCUT2D eigenvalue weighted by Crippen LogP contribution is -2.24. The molecule has 0 amide bonds. The molecule has 6 heteroatoms. The Morgan fingerprint density at radius 2 is 1.46 bits per heavy atom. The van der Waals surface area contributed by atoms with E-state index in [2.05, 4.69) is 43.3 Å².